The van der Waals surface area contributed by atoms with E-state index in [-0.39, 0.29) is 23.8 Å². The zero-order chi connectivity index (χ0) is 18.5. The quantitative estimate of drug-likeness (QED) is 0.761. The number of hydrogen-bond acceptors (Lipinski definition) is 3. The Morgan fingerprint density at radius 1 is 1.07 bits per heavy atom. The second-order valence-electron chi connectivity index (χ2n) is 7.94. The lowest BCUT2D eigenvalue weighted by atomic mass is 9.63. The van der Waals surface area contributed by atoms with Gasteiger partial charge in [-0.15, -0.1) is 0 Å². The van der Waals surface area contributed by atoms with Crippen LogP contribution in [0.3, 0.4) is 0 Å². The summed E-state index contributed by atoms with van der Waals surface area (Å²) in [6.45, 7) is 0. The number of fused-ring (bicyclic) bond motifs is 2. The molecule has 138 valence electrons. The number of ether oxygens (including phenoxy) is 1. The highest BCUT2D eigenvalue weighted by molar-refractivity contribution is 5.99. The Kier molecular flexibility index (Phi) is 3.81. The largest absolute Gasteiger partial charge is 0.465 e. The molecule has 4 nitrogen and oxygen atoms in total. The van der Waals surface area contributed by atoms with Crippen molar-refractivity contribution in [2.45, 2.75) is 37.6 Å². The van der Waals surface area contributed by atoms with Gasteiger partial charge in [0, 0.05) is 17.6 Å². The molecule has 4 unspecified atom stereocenters. The van der Waals surface area contributed by atoms with Crippen LogP contribution in [0, 0.1) is 11.8 Å². The van der Waals surface area contributed by atoms with Gasteiger partial charge in [0.1, 0.15) is 0 Å². The minimum absolute atomic E-state index is 0.0528. The van der Waals surface area contributed by atoms with E-state index in [2.05, 4.69) is 4.90 Å². The highest BCUT2D eigenvalue weighted by atomic mass is 16.5. The molecular weight excluding hydrogens is 338 g/mol. The monoisotopic (exact) mass is 361 g/mol. The summed E-state index contributed by atoms with van der Waals surface area (Å²) >= 11 is 0. The van der Waals surface area contributed by atoms with Gasteiger partial charge in [-0.1, -0.05) is 30.7 Å². The lowest BCUT2D eigenvalue weighted by Gasteiger charge is -2.41. The molecule has 3 aliphatic rings. The Morgan fingerprint density at radius 3 is 2.67 bits per heavy atom. The number of hydrogen-bond donors (Lipinski definition) is 0. The van der Waals surface area contributed by atoms with Gasteiger partial charge in [-0.2, -0.15) is 0 Å². The van der Waals surface area contributed by atoms with Gasteiger partial charge in [0.05, 0.1) is 12.7 Å². The number of para-hydroxylation sites is 1. The summed E-state index contributed by atoms with van der Waals surface area (Å²) < 4.78 is 4.91. The molecule has 2 fully saturated rings. The molecule has 0 spiro atoms. The smallest absolute Gasteiger partial charge is 0.337 e. The first-order valence-electron chi connectivity index (χ1n) is 9.78. The van der Waals surface area contributed by atoms with E-state index in [0.29, 0.717) is 17.4 Å². The summed E-state index contributed by atoms with van der Waals surface area (Å²) in [5.41, 5.74) is 4.10. The second-order valence-corrected chi connectivity index (χ2v) is 7.94. The maximum absolute atomic E-state index is 13.4. The van der Waals surface area contributed by atoms with Gasteiger partial charge in [0.2, 0.25) is 5.91 Å². The highest BCUT2D eigenvalue weighted by Gasteiger charge is 2.55. The summed E-state index contributed by atoms with van der Waals surface area (Å²) in [6.07, 6.45) is 4.03. The van der Waals surface area contributed by atoms with Gasteiger partial charge >= 0.3 is 5.97 Å². The van der Waals surface area contributed by atoms with Crippen LogP contribution in [0.1, 0.15) is 46.7 Å². The Hall–Kier alpha value is -2.62. The Labute approximate surface area is 159 Å². The van der Waals surface area contributed by atoms with Crippen LogP contribution in [0.15, 0.2) is 48.5 Å². The van der Waals surface area contributed by atoms with Crippen LogP contribution in [0.2, 0.25) is 0 Å². The topological polar surface area (TPSA) is 46.6 Å². The maximum Gasteiger partial charge on any atom is 0.337 e. The average molecular weight is 361 g/mol. The van der Waals surface area contributed by atoms with Crippen LogP contribution >= 0.6 is 0 Å². The molecule has 4 atom stereocenters. The lowest BCUT2D eigenvalue weighted by molar-refractivity contribution is -0.121. The first kappa shape index (κ1) is 16.5. The van der Waals surface area contributed by atoms with E-state index in [9.17, 15) is 9.59 Å². The molecule has 1 saturated heterocycles. The van der Waals surface area contributed by atoms with E-state index in [1.165, 1.54) is 18.2 Å². The van der Waals surface area contributed by atoms with Crippen molar-refractivity contribution in [3.63, 3.8) is 0 Å². The van der Waals surface area contributed by atoms with Crippen LogP contribution in [-0.4, -0.2) is 25.0 Å². The molecule has 4 heteroatoms. The number of carbonyl (C=O) groups excluding carboxylic acids is 2. The zero-order valence-corrected chi connectivity index (χ0v) is 15.4. The number of amides is 1. The van der Waals surface area contributed by atoms with Crippen LogP contribution in [0.25, 0.3) is 0 Å². The third kappa shape index (κ3) is 2.43. The third-order valence-corrected chi connectivity index (χ3v) is 6.72. The summed E-state index contributed by atoms with van der Waals surface area (Å²) in [6, 6.07) is 16.2. The van der Waals surface area contributed by atoms with E-state index in [0.717, 1.165) is 31.4 Å². The van der Waals surface area contributed by atoms with Gasteiger partial charge in [0.25, 0.3) is 0 Å². The fraction of sp³-hybridized carbons (Fsp3) is 0.391. The predicted molar refractivity (Wildman–Crippen MR) is 103 cm³/mol. The number of methoxy groups -OCH3 is 1. The summed E-state index contributed by atoms with van der Waals surface area (Å²) in [4.78, 5) is 27.4. The van der Waals surface area contributed by atoms with Crippen molar-refractivity contribution in [2.24, 2.45) is 11.8 Å². The van der Waals surface area contributed by atoms with Gasteiger partial charge < -0.3 is 9.64 Å². The molecule has 27 heavy (non-hydrogen) atoms. The third-order valence-electron chi connectivity index (χ3n) is 6.72. The van der Waals surface area contributed by atoms with Crippen molar-refractivity contribution in [1.82, 2.24) is 0 Å². The summed E-state index contributed by atoms with van der Waals surface area (Å²) in [5.74, 6) is 0.718. The van der Waals surface area contributed by atoms with Crippen LogP contribution < -0.4 is 4.90 Å². The van der Waals surface area contributed by atoms with Crippen molar-refractivity contribution in [1.29, 1.82) is 0 Å². The normalized spacial score (nSPS) is 28.5. The van der Waals surface area contributed by atoms with Gasteiger partial charge in [-0.05, 0) is 66.5 Å². The van der Waals surface area contributed by atoms with Crippen molar-refractivity contribution in [3.8, 4) is 0 Å². The number of anilines is 1. The van der Waals surface area contributed by atoms with Crippen LogP contribution in [0.4, 0.5) is 5.69 Å². The van der Waals surface area contributed by atoms with Crippen molar-refractivity contribution < 1.29 is 14.3 Å². The molecule has 1 amide bonds. The molecule has 1 heterocycles. The molecule has 0 radical (unpaired) electrons. The number of carbonyl (C=O) groups is 2. The number of nitrogens with zero attached hydrogens (tertiary/aromatic N) is 1. The predicted octanol–water partition coefficient (Wildman–Crippen LogP) is 3.94. The minimum atomic E-state index is -0.291. The van der Waals surface area contributed by atoms with Gasteiger partial charge in [0.15, 0.2) is 0 Å². The van der Waals surface area contributed by atoms with E-state index >= 15 is 0 Å². The molecule has 1 saturated carbocycles. The Bertz CT molecular complexity index is 907. The van der Waals surface area contributed by atoms with E-state index in [4.69, 9.17) is 4.74 Å². The van der Waals surface area contributed by atoms with Crippen LogP contribution in [-0.2, 0) is 16.0 Å². The molecule has 0 bridgehead atoms. The highest BCUT2D eigenvalue weighted by Crippen LogP contribution is 2.54. The summed E-state index contributed by atoms with van der Waals surface area (Å²) in [5, 5.41) is 0. The van der Waals surface area contributed by atoms with E-state index in [1.807, 2.05) is 48.5 Å². The van der Waals surface area contributed by atoms with E-state index in [1.54, 1.807) is 0 Å². The molecule has 0 aromatic heterocycles. The molecular formula is C23H23NO3. The first-order chi connectivity index (χ1) is 13.2. The van der Waals surface area contributed by atoms with Crippen LogP contribution in [0.5, 0.6) is 0 Å². The fourth-order valence-corrected chi connectivity index (χ4v) is 5.66. The number of rotatable bonds is 2. The Morgan fingerprint density at radius 2 is 1.89 bits per heavy atom. The molecule has 2 aliphatic carbocycles. The molecule has 1 aliphatic heterocycles. The number of benzene rings is 2. The molecule has 5 rings (SSSR count). The first-order valence-corrected chi connectivity index (χ1v) is 9.78. The van der Waals surface area contributed by atoms with Gasteiger partial charge in [-0.25, -0.2) is 4.79 Å². The zero-order valence-electron chi connectivity index (χ0n) is 15.4. The minimum Gasteiger partial charge on any atom is -0.465 e. The second kappa shape index (κ2) is 6.22. The standard InChI is InChI=1S/C23H23NO3/c1-27-23(26)15-11-10-14-12-19-21-17(18(14)13-15)8-5-9-20(21)24(22(19)25)16-6-3-2-4-7-16/h2-4,6-7,10-11,13,17,19-21H,5,8-9,12H2,1H3. The number of esters is 1. The lowest BCUT2D eigenvalue weighted by Crippen LogP contribution is -2.40. The SMILES string of the molecule is COC(=O)c1ccc2c(c1)C1CCCC3C1C(C2)C(=O)N3c1ccccc1. The summed E-state index contributed by atoms with van der Waals surface area (Å²) in [7, 11) is 1.42. The van der Waals surface area contributed by atoms with Crippen molar-refractivity contribution in [2.75, 3.05) is 12.0 Å². The van der Waals surface area contributed by atoms with Gasteiger partial charge in [-0.3, -0.25) is 4.79 Å². The molecule has 2 aromatic rings. The van der Waals surface area contributed by atoms with Crippen molar-refractivity contribution in [3.05, 3.63) is 65.2 Å². The maximum atomic E-state index is 13.4. The van der Waals surface area contributed by atoms with E-state index < -0.39 is 0 Å². The average Bonchev–Trinajstić information content (AvgIpc) is 3.00. The Balaban J connectivity index is 1.57. The molecule has 0 N–H and O–H groups in total. The van der Waals surface area contributed by atoms with Crippen molar-refractivity contribution >= 4 is 17.6 Å². The fourth-order valence-electron chi connectivity index (χ4n) is 5.66. The molecule has 2 aromatic carbocycles.